The Kier molecular flexibility index (Phi) is 2.41. The van der Waals surface area contributed by atoms with E-state index in [0.717, 1.165) is 0 Å². The van der Waals surface area contributed by atoms with Crippen LogP contribution in [-0.4, -0.2) is 4.92 Å². The SMILES string of the molecule is O=[N+]([O-])c1ccc(C(F)(F)F)cc1F. The molecule has 1 rings (SSSR count). The molecule has 0 spiro atoms. The average Bonchev–Trinajstić information content (AvgIpc) is 2.01. The van der Waals surface area contributed by atoms with Crippen molar-refractivity contribution in [1.29, 1.82) is 0 Å². The van der Waals surface area contributed by atoms with E-state index in [0.29, 0.717) is 12.1 Å². The summed E-state index contributed by atoms with van der Waals surface area (Å²) in [6, 6.07) is 1.04. The quantitative estimate of drug-likeness (QED) is 0.405. The van der Waals surface area contributed by atoms with Crippen molar-refractivity contribution >= 4 is 5.69 Å². The van der Waals surface area contributed by atoms with Crippen molar-refractivity contribution in [3.05, 3.63) is 39.7 Å². The predicted molar refractivity (Wildman–Crippen MR) is 38.1 cm³/mol. The maximum Gasteiger partial charge on any atom is 0.416 e. The smallest absolute Gasteiger partial charge is 0.258 e. The van der Waals surface area contributed by atoms with Gasteiger partial charge in [0.1, 0.15) is 0 Å². The Labute approximate surface area is 75.1 Å². The molecule has 0 heterocycles. The molecule has 0 saturated heterocycles. The van der Waals surface area contributed by atoms with Gasteiger partial charge in [-0.05, 0) is 12.1 Å². The van der Waals surface area contributed by atoms with Crippen molar-refractivity contribution in [1.82, 2.24) is 0 Å². The van der Waals surface area contributed by atoms with Crippen LogP contribution >= 0.6 is 0 Å². The summed E-state index contributed by atoms with van der Waals surface area (Å²) < 4.78 is 48.6. The fourth-order valence-corrected chi connectivity index (χ4v) is 0.831. The van der Waals surface area contributed by atoms with E-state index in [1.54, 1.807) is 0 Å². The molecule has 0 radical (unpaired) electrons. The third-order valence-corrected chi connectivity index (χ3v) is 1.47. The zero-order valence-electron chi connectivity index (χ0n) is 6.51. The summed E-state index contributed by atoms with van der Waals surface area (Å²) >= 11 is 0. The van der Waals surface area contributed by atoms with Crippen molar-refractivity contribution in [2.24, 2.45) is 0 Å². The summed E-state index contributed by atoms with van der Waals surface area (Å²) in [7, 11) is 0. The molecule has 0 atom stereocenters. The minimum atomic E-state index is -4.70. The standard InChI is InChI=1S/C7H3F4NO2/c8-5-3-4(7(9,10)11)1-2-6(5)12(13)14/h1-3H. The van der Waals surface area contributed by atoms with Gasteiger partial charge in [0.2, 0.25) is 5.82 Å². The second-order valence-electron chi connectivity index (χ2n) is 2.42. The zero-order chi connectivity index (χ0) is 10.9. The van der Waals surface area contributed by atoms with Crippen molar-refractivity contribution < 1.29 is 22.5 Å². The van der Waals surface area contributed by atoms with Crippen LogP contribution in [0.15, 0.2) is 18.2 Å². The van der Waals surface area contributed by atoms with Gasteiger partial charge in [-0.15, -0.1) is 0 Å². The highest BCUT2D eigenvalue weighted by Crippen LogP contribution is 2.31. The first kappa shape index (κ1) is 10.4. The molecule has 0 aliphatic carbocycles. The van der Waals surface area contributed by atoms with Crippen LogP contribution in [0.5, 0.6) is 0 Å². The maximum absolute atomic E-state index is 12.7. The lowest BCUT2D eigenvalue weighted by Crippen LogP contribution is -2.06. The van der Waals surface area contributed by atoms with E-state index in [1.165, 1.54) is 0 Å². The van der Waals surface area contributed by atoms with Crippen LogP contribution in [0.4, 0.5) is 23.2 Å². The molecular weight excluding hydrogens is 206 g/mol. The summed E-state index contributed by atoms with van der Waals surface area (Å²) in [5.74, 6) is -1.50. The van der Waals surface area contributed by atoms with Crippen molar-refractivity contribution in [2.75, 3.05) is 0 Å². The number of hydrogen-bond acceptors (Lipinski definition) is 2. The Morgan fingerprint density at radius 3 is 2.21 bits per heavy atom. The first-order valence-corrected chi connectivity index (χ1v) is 3.33. The van der Waals surface area contributed by atoms with E-state index >= 15 is 0 Å². The molecule has 14 heavy (non-hydrogen) atoms. The normalized spacial score (nSPS) is 11.4. The van der Waals surface area contributed by atoms with Gasteiger partial charge < -0.3 is 0 Å². The molecule has 3 nitrogen and oxygen atoms in total. The number of alkyl halides is 3. The lowest BCUT2D eigenvalue weighted by molar-refractivity contribution is -0.387. The largest absolute Gasteiger partial charge is 0.416 e. The second kappa shape index (κ2) is 3.24. The van der Waals surface area contributed by atoms with Crippen LogP contribution in [0.1, 0.15) is 5.56 Å². The van der Waals surface area contributed by atoms with Gasteiger partial charge in [-0.25, -0.2) is 0 Å². The highest BCUT2D eigenvalue weighted by molar-refractivity contribution is 5.35. The molecule has 0 aliphatic rings. The highest BCUT2D eigenvalue weighted by Gasteiger charge is 2.32. The van der Waals surface area contributed by atoms with Crippen LogP contribution in [0.2, 0.25) is 0 Å². The number of halogens is 4. The minimum absolute atomic E-state index is 0.0954. The number of benzene rings is 1. The lowest BCUT2D eigenvalue weighted by Gasteiger charge is -2.05. The van der Waals surface area contributed by atoms with E-state index < -0.39 is 28.2 Å². The Hall–Kier alpha value is -1.66. The maximum atomic E-state index is 12.7. The molecule has 0 aliphatic heterocycles. The monoisotopic (exact) mass is 209 g/mol. The summed E-state index contributed by atoms with van der Waals surface area (Å²) in [5.41, 5.74) is -2.22. The van der Waals surface area contributed by atoms with Gasteiger partial charge in [0.15, 0.2) is 0 Å². The lowest BCUT2D eigenvalue weighted by atomic mass is 10.2. The van der Waals surface area contributed by atoms with Gasteiger partial charge in [-0.1, -0.05) is 0 Å². The van der Waals surface area contributed by atoms with Crippen LogP contribution in [0.25, 0.3) is 0 Å². The predicted octanol–water partition coefficient (Wildman–Crippen LogP) is 2.75. The Balaban J connectivity index is 3.20. The minimum Gasteiger partial charge on any atom is -0.258 e. The molecule has 0 fully saturated rings. The first-order valence-electron chi connectivity index (χ1n) is 3.33. The fraction of sp³-hybridized carbons (Fsp3) is 0.143. The molecule has 0 unspecified atom stereocenters. The van der Waals surface area contributed by atoms with Gasteiger partial charge in [-0.2, -0.15) is 17.6 Å². The molecule has 0 N–H and O–H groups in total. The number of rotatable bonds is 1. The molecule has 76 valence electrons. The van der Waals surface area contributed by atoms with E-state index in [1.807, 2.05) is 0 Å². The molecule has 0 saturated carbocycles. The van der Waals surface area contributed by atoms with E-state index in [-0.39, 0.29) is 6.07 Å². The number of nitro benzene ring substituents is 1. The molecule has 0 amide bonds. The zero-order valence-corrected chi connectivity index (χ0v) is 6.51. The van der Waals surface area contributed by atoms with Crippen LogP contribution in [0, 0.1) is 15.9 Å². The van der Waals surface area contributed by atoms with Crippen LogP contribution < -0.4 is 0 Å². The van der Waals surface area contributed by atoms with E-state index in [9.17, 15) is 27.7 Å². The Morgan fingerprint density at radius 2 is 1.86 bits per heavy atom. The third-order valence-electron chi connectivity index (χ3n) is 1.47. The summed E-state index contributed by atoms with van der Waals surface area (Å²) in [4.78, 5) is 8.98. The van der Waals surface area contributed by atoms with E-state index in [4.69, 9.17) is 0 Å². The molecule has 1 aromatic carbocycles. The Bertz CT molecular complexity index is 374. The topological polar surface area (TPSA) is 43.1 Å². The number of nitro groups is 1. The number of hydrogen-bond donors (Lipinski definition) is 0. The van der Waals surface area contributed by atoms with Crippen molar-refractivity contribution in [3.63, 3.8) is 0 Å². The van der Waals surface area contributed by atoms with Crippen LogP contribution in [0.3, 0.4) is 0 Å². The third kappa shape index (κ3) is 1.98. The van der Waals surface area contributed by atoms with Crippen LogP contribution in [-0.2, 0) is 6.18 Å². The molecule has 0 aromatic heterocycles. The Morgan fingerprint density at radius 1 is 1.29 bits per heavy atom. The first-order chi connectivity index (χ1) is 6.32. The van der Waals surface area contributed by atoms with Gasteiger partial charge >= 0.3 is 11.9 Å². The van der Waals surface area contributed by atoms with Gasteiger partial charge in [0.25, 0.3) is 0 Å². The average molecular weight is 209 g/mol. The van der Waals surface area contributed by atoms with Gasteiger partial charge in [0.05, 0.1) is 10.5 Å². The molecule has 1 aromatic rings. The fourth-order valence-electron chi connectivity index (χ4n) is 0.831. The summed E-state index contributed by atoms with van der Waals surface area (Å²) in [6.45, 7) is 0. The van der Waals surface area contributed by atoms with Gasteiger partial charge in [0, 0.05) is 6.07 Å². The van der Waals surface area contributed by atoms with Crippen molar-refractivity contribution in [2.45, 2.75) is 6.18 Å². The summed E-state index contributed by atoms with van der Waals surface area (Å²) in [6.07, 6.45) is -4.70. The number of nitrogens with zero attached hydrogens (tertiary/aromatic N) is 1. The summed E-state index contributed by atoms with van der Waals surface area (Å²) in [5, 5.41) is 10.1. The molecule has 7 heteroatoms. The van der Waals surface area contributed by atoms with Gasteiger partial charge in [-0.3, -0.25) is 10.1 Å². The highest BCUT2D eigenvalue weighted by atomic mass is 19.4. The molecule has 0 bridgehead atoms. The second-order valence-corrected chi connectivity index (χ2v) is 2.42. The van der Waals surface area contributed by atoms with Crippen molar-refractivity contribution in [3.8, 4) is 0 Å². The molecular formula is C7H3F4NO2. The van der Waals surface area contributed by atoms with E-state index in [2.05, 4.69) is 0 Å².